The predicted molar refractivity (Wildman–Crippen MR) is 122 cm³/mol. The number of aromatic hydroxyl groups is 2. The molecule has 2 aromatic rings. The number of ether oxygens (including phenoxy) is 1. The minimum Gasteiger partial charge on any atom is -0.508 e. The lowest BCUT2D eigenvalue weighted by Crippen LogP contribution is -2.50. The molecule has 3 rings (SSSR count). The van der Waals surface area contributed by atoms with Crippen LogP contribution in [0.15, 0.2) is 42.5 Å². The molecule has 2 aromatic carbocycles. The van der Waals surface area contributed by atoms with Crippen molar-refractivity contribution >= 4 is 23.7 Å². The number of carboxylic acids is 1. The number of hydrogen-bond donors (Lipinski definition) is 4. The Morgan fingerprint density at radius 3 is 2.06 bits per heavy atom. The van der Waals surface area contributed by atoms with Gasteiger partial charge in [-0.05, 0) is 51.1 Å². The number of anilines is 1. The molecule has 1 aliphatic rings. The van der Waals surface area contributed by atoms with Crippen LogP contribution in [0.2, 0.25) is 0 Å². The fourth-order valence-electron chi connectivity index (χ4n) is 3.14. The SMILES string of the molecule is CC(C)(C)OC(=O)N1CCN(c2c(O)cccc2C(N)=O)CC1.O=C(O)c1cccc(O)c1. The largest absolute Gasteiger partial charge is 0.508 e. The number of benzene rings is 2. The Kier molecular flexibility index (Phi) is 8.11. The van der Waals surface area contributed by atoms with Gasteiger partial charge in [0.15, 0.2) is 0 Å². The van der Waals surface area contributed by atoms with Gasteiger partial charge in [-0.2, -0.15) is 0 Å². The van der Waals surface area contributed by atoms with Crippen molar-refractivity contribution in [1.29, 1.82) is 0 Å². The highest BCUT2D eigenvalue weighted by atomic mass is 16.6. The smallest absolute Gasteiger partial charge is 0.410 e. The summed E-state index contributed by atoms with van der Waals surface area (Å²) in [5, 5.41) is 27.3. The highest BCUT2D eigenvalue weighted by Gasteiger charge is 2.28. The first-order valence-electron chi connectivity index (χ1n) is 10.3. The number of nitrogens with zero attached hydrogens (tertiary/aromatic N) is 2. The quantitative estimate of drug-likeness (QED) is 0.546. The number of amides is 2. The average Bonchev–Trinajstić information content (AvgIpc) is 2.73. The average molecular weight is 459 g/mol. The van der Waals surface area contributed by atoms with Gasteiger partial charge in [-0.25, -0.2) is 9.59 Å². The third-order valence-electron chi connectivity index (χ3n) is 4.62. The summed E-state index contributed by atoms with van der Waals surface area (Å²) in [6, 6.07) is 10.2. The van der Waals surface area contributed by atoms with Crippen LogP contribution >= 0.6 is 0 Å². The van der Waals surface area contributed by atoms with Gasteiger partial charge in [-0.1, -0.05) is 12.1 Å². The van der Waals surface area contributed by atoms with E-state index in [-0.39, 0.29) is 28.7 Å². The maximum atomic E-state index is 12.1. The van der Waals surface area contributed by atoms with Crippen molar-refractivity contribution in [1.82, 2.24) is 4.90 Å². The molecular formula is C23H29N3O7. The van der Waals surface area contributed by atoms with Crippen LogP contribution in [-0.2, 0) is 4.74 Å². The Morgan fingerprint density at radius 2 is 1.58 bits per heavy atom. The summed E-state index contributed by atoms with van der Waals surface area (Å²) in [6.45, 7) is 7.32. The van der Waals surface area contributed by atoms with Crippen molar-refractivity contribution in [2.45, 2.75) is 26.4 Å². The monoisotopic (exact) mass is 459 g/mol. The molecule has 1 fully saturated rings. The number of rotatable bonds is 3. The van der Waals surface area contributed by atoms with E-state index in [1.54, 1.807) is 17.0 Å². The van der Waals surface area contributed by atoms with Gasteiger partial charge in [0.25, 0.3) is 5.91 Å². The van der Waals surface area contributed by atoms with Gasteiger partial charge < -0.3 is 35.6 Å². The lowest BCUT2D eigenvalue weighted by atomic mass is 10.1. The number of carbonyl (C=O) groups excluding carboxylic acids is 2. The van der Waals surface area contributed by atoms with Crippen LogP contribution in [0.1, 0.15) is 41.5 Å². The molecule has 0 atom stereocenters. The summed E-state index contributed by atoms with van der Waals surface area (Å²) in [6.07, 6.45) is -0.357. The van der Waals surface area contributed by atoms with Gasteiger partial charge >= 0.3 is 12.1 Å². The molecule has 2 amide bonds. The predicted octanol–water partition coefficient (Wildman–Crippen LogP) is 2.64. The van der Waals surface area contributed by atoms with Gasteiger partial charge in [0.05, 0.1) is 16.8 Å². The molecule has 1 heterocycles. The summed E-state index contributed by atoms with van der Waals surface area (Å²) in [5.41, 5.74) is 5.63. The Balaban J connectivity index is 0.000000321. The van der Waals surface area contributed by atoms with Gasteiger partial charge in [0, 0.05) is 26.2 Å². The Morgan fingerprint density at radius 1 is 0.970 bits per heavy atom. The van der Waals surface area contributed by atoms with E-state index in [1.807, 2.05) is 25.7 Å². The molecule has 1 aliphatic heterocycles. The molecule has 0 radical (unpaired) electrons. The van der Waals surface area contributed by atoms with Crippen LogP contribution in [0, 0.1) is 0 Å². The Labute approximate surface area is 191 Å². The Bertz CT molecular complexity index is 1010. The maximum Gasteiger partial charge on any atom is 0.410 e. The van der Waals surface area contributed by atoms with Crippen molar-refractivity contribution in [2.75, 3.05) is 31.1 Å². The molecule has 0 aromatic heterocycles. The summed E-state index contributed by atoms with van der Waals surface area (Å²) < 4.78 is 5.35. The zero-order chi connectivity index (χ0) is 24.8. The number of nitrogens with two attached hydrogens (primary N) is 1. The van der Waals surface area contributed by atoms with E-state index in [9.17, 15) is 19.5 Å². The van der Waals surface area contributed by atoms with Crippen molar-refractivity contribution in [3.8, 4) is 11.5 Å². The number of aromatic carboxylic acids is 1. The number of piperazine rings is 1. The van der Waals surface area contributed by atoms with Crippen LogP contribution in [0.4, 0.5) is 10.5 Å². The van der Waals surface area contributed by atoms with Crippen molar-refractivity contribution < 1.29 is 34.4 Å². The molecular weight excluding hydrogens is 430 g/mol. The van der Waals surface area contributed by atoms with Crippen LogP contribution < -0.4 is 10.6 Å². The van der Waals surface area contributed by atoms with Crippen LogP contribution in [0.3, 0.4) is 0 Å². The minimum atomic E-state index is -1.03. The summed E-state index contributed by atoms with van der Waals surface area (Å²) in [7, 11) is 0. The van der Waals surface area contributed by atoms with Crippen molar-refractivity contribution in [3.05, 3.63) is 53.6 Å². The molecule has 1 saturated heterocycles. The highest BCUT2D eigenvalue weighted by molar-refractivity contribution is 6.00. The molecule has 0 spiro atoms. The van der Waals surface area contributed by atoms with E-state index in [2.05, 4.69) is 0 Å². The molecule has 10 nitrogen and oxygen atoms in total. The van der Waals surface area contributed by atoms with E-state index in [0.29, 0.717) is 31.9 Å². The zero-order valence-corrected chi connectivity index (χ0v) is 18.8. The first-order chi connectivity index (χ1) is 15.4. The second kappa shape index (κ2) is 10.6. The number of carbonyl (C=O) groups is 3. The van der Waals surface area contributed by atoms with Crippen LogP contribution in [0.5, 0.6) is 11.5 Å². The lowest BCUT2D eigenvalue weighted by Gasteiger charge is -2.37. The lowest BCUT2D eigenvalue weighted by molar-refractivity contribution is 0.0240. The minimum absolute atomic E-state index is 0.00650. The molecule has 0 bridgehead atoms. The van der Waals surface area contributed by atoms with Gasteiger partial charge in [-0.3, -0.25) is 4.79 Å². The van der Waals surface area contributed by atoms with E-state index in [4.69, 9.17) is 20.7 Å². The molecule has 0 unspecified atom stereocenters. The number of carboxylic acid groups (broad SMARTS) is 1. The van der Waals surface area contributed by atoms with Crippen molar-refractivity contribution in [3.63, 3.8) is 0 Å². The fourth-order valence-corrected chi connectivity index (χ4v) is 3.14. The normalized spacial score (nSPS) is 13.5. The second-order valence-electron chi connectivity index (χ2n) is 8.35. The number of hydrogen-bond acceptors (Lipinski definition) is 7. The van der Waals surface area contributed by atoms with Crippen molar-refractivity contribution in [2.24, 2.45) is 5.73 Å². The van der Waals surface area contributed by atoms with Gasteiger partial charge in [0.2, 0.25) is 0 Å². The Hall–Kier alpha value is -3.95. The topological polar surface area (TPSA) is 154 Å². The van der Waals surface area contributed by atoms with Gasteiger partial charge in [-0.15, -0.1) is 0 Å². The molecule has 10 heteroatoms. The van der Waals surface area contributed by atoms with E-state index >= 15 is 0 Å². The standard InChI is InChI=1S/C16H23N3O4.C7H6O3/c1-16(2,3)23-15(22)19-9-7-18(8-10-19)13-11(14(17)21)5-4-6-12(13)20;8-6-3-1-2-5(4-6)7(9)10/h4-6,20H,7-10H2,1-3H3,(H2,17,21);1-4,8H,(H,9,10). The third kappa shape index (κ3) is 7.30. The fraction of sp³-hybridized carbons (Fsp3) is 0.348. The second-order valence-corrected chi connectivity index (χ2v) is 8.35. The molecule has 178 valence electrons. The summed E-state index contributed by atoms with van der Waals surface area (Å²) >= 11 is 0. The van der Waals surface area contributed by atoms with E-state index < -0.39 is 17.5 Å². The zero-order valence-electron chi connectivity index (χ0n) is 18.8. The first kappa shape index (κ1) is 25.3. The molecule has 0 saturated carbocycles. The maximum absolute atomic E-state index is 12.1. The third-order valence-corrected chi connectivity index (χ3v) is 4.62. The number of phenolic OH excluding ortho intramolecular Hbond substituents is 2. The molecule has 33 heavy (non-hydrogen) atoms. The van der Waals surface area contributed by atoms with E-state index in [0.717, 1.165) is 0 Å². The molecule has 0 aliphatic carbocycles. The number of primary amides is 1. The molecule has 5 N–H and O–H groups in total. The van der Waals surface area contributed by atoms with Gasteiger partial charge in [0.1, 0.15) is 17.1 Å². The first-order valence-corrected chi connectivity index (χ1v) is 10.3. The van der Waals surface area contributed by atoms with Crippen LogP contribution in [-0.4, -0.2) is 70.0 Å². The highest BCUT2D eigenvalue weighted by Crippen LogP contribution is 2.32. The number of para-hydroxylation sites is 1. The van der Waals surface area contributed by atoms with Crippen LogP contribution in [0.25, 0.3) is 0 Å². The summed E-state index contributed by atoms with van der Waals surface area (Å²) in [4.78, 5) is 37.3. The number of phenols is 2. The summed E-state index contributed by atoms with van der Waals surface area (Å²) in [5.74, 6) is -1.65. The van der Waals surface area contributed by atoms with E-state index in [1.165, 1.54) is 30.3 Å².